The number of aryl methyl sites for hydroxylation is 1. The minimum atomic E-state index is -0.177. The van der Waals surface area contributed by atoms with E-state index in [1.54, 1.807) is 0 Å². The summed E-state index contributed by atoms with van der Waals surface area (Å²) in [4.78, 5) is 10.9. The maximum Gasteiger partial charge on any atom is 0.306 e. The highest BCUT2D eigenvalue weighted by Gasteiger charge is 2.06. The fourth-order valence-corrected chi connectivity index (χ4v) is 1.55. The van der Waals surface area contributed by atoms with Crippen LogP contribution in [0.4, 0.5) is 0 Å². The maximum atomic E-state index is 10.9. The van der Waals surface area contributed by atoms with E-state index in [9.17, 15) is 4.79 Å². The molecule has 1 aromatic rings. The Kier molecular flexibility index (Phi) is 4.99. The van der Waals surface area contributed by atoms with Crippen molar-refractivity contribution in [1.29, 1.82) is 0 Å². The molecule has 3 heteroatoms. The van der Waals surface area contributed by atoms with Crippen molar-refractivity contribution in [2.75, 3.05) is 13.7 Å². The molecule has 0 bridgehead atoms. The molecule has 16 heavy (non-hydrogen) atoms. The Morgan fingerprint density at radius 3 is 2.88 bits per heavy atom. The lowest BCUT2D eigenvalue weighted by Crippen LogP contribution is -2.22. The standard InChI is InChI=1S/C13H19NO2/c1-10-5-4-6-12(9-10)11(2)14-8-7-13(15)16-3/h4-6,9,11,14H,7-8H2,1-3H3. The fourth-order valence-electron chi connectivity index (χ4n) is 1.55. The van der Waals surface area contributed by atoms with E-state index in [1.807, 2.05) is 6.07 Å². The summed E-state index contributed by atoms with van der Waals surface area (Å²) in [6.45, 7) is 4.80. The van der Waals surface area contributed by atoms with Crippen LogP contribution in [0.1, 0.15) is 30.5 Å². The van der Waals surface area contributed by atoms with Crippen molar-refractivity contribution in [1.82, 2.24) is 5.32 Å². The summed E-state index contributed by atoms with van der Waals surface area (Å²) in [6.07, 6.45) is 0.409. The lowest BCUT2D eigenvalue weighted by atomic mass is 10.1. The monoisotopic (exact) mass is 221 g/mol. The smallest absolute Gasteiger partial charge is 0.306 e. The van der Waals surface area contributed by atoms with E-state index in [0.29, 0.717) is 13.0 Å². The van der Waals surface area contributed by atoms with Crippen molar-refractivity contribution < 1.29 is 9.53 Å². The number of benzene rings is 1. The van der Waals surface area contributed by atoms with E-state index in [0.717, 1.165) is 0 Å². The van der Waals surface area contributed by atoms with Crippen LogP contribution >= 0.6 is 0 Å². The van der Waals surface area contributed by atoms with Crippen molar-refractivity contribution in [3.63, 3.8) is 0 Å². The number of nitrogens with one attached hydrogen (secondary N) is 1. The first-order chi connectivity index (χ1) is 7.63. The molecule has 0 aliphatic heterocycles. The largest absolute Gasteiger partial charge is 0.469 e. The average Bonchev–Trinajstić information content (AvgIpc) is 2.28. The summed E-state index contributed by atoms with van der Waals surface area (Å²) in [5.41, 5.74) is 2.49. The van der Waals surface area contributed by atoms with Crippen LogP contribution in [0.25, 0.3) is 0 Å². The highest BCUT2D eigenvalue weighted by atomic mass is 16.5. The number of ether oxygens (including phenoxy) is 1. The zero-order valence-corrected chi connectivity index (χ0v) is 10.1. The first kappa shape index (κ1) is 12.7. The lowest BCUT2D eigenvalue weighted by molar-refractivity contribution is -0.140. The highest BCUT2D eigenvalue weighted by molar-refractivity contribution is 5.69. The minimum absolute atomic E-state index is 0.177. The van der Waals surface area contributed by atoms with Gasteiger partial charge in [-0.2, -0.15) is 0 Å². The summed E-state index contributed by atoms with van der Waals surface area (Å²) in [5.74, 6) is -0.177. The van der Waals surface area contributed by atoms with Crippen molar-refractivity contribution >= 4 is 5.97 Å². The van der Waals surface area contributed by atoms with Gasteiger partial charge in [0.15, 0.2) is 0 Å². The second kappa shape index (κ2) is 6.28. The Balaban J connectivity index is 2.40. The van der Waals surface area contributed by atoms with Gasteiger partial charge in [0.25, 0.3) is 0 Å². The van der Waals surface area contributed by atoms with Gasteiger partial charge in [-0.3, -0.25) is 4.79 Å². The molecule has 0 fully saturated rings. The van der Waals surface area contributed by atoms with E-state index in [1.165, 1.54) is 18.2 Å². The first-order valence-electron chi connectivity index (χ1n) is 5.50. The normalized spacial score (nSPS) is 12.2. The summed E-state index contributed by atoms with van der Waals surface area (Å²) in [7, 11) is 1.41. The molecule has 0 amide bonds. The van der Waals surface area contributed by atoms with Crippen LogP contribution in [-0.2, 0) is 9.53 Å². The molecule has 3 nitrogen and oxygen atoms in total. The van der Waals surface area contributed by atoms with Crippen LogP contribution in [0.3, 0.4) is 0 Å². The van der Waals surface area contributed by atoms with E-state index in [2.05, 4.69) is 42.1 Å². The number of carbonyl (C=O) groups excluding carboxylic acids is 1. The van der Waals surface area contributed by atoms with Crippen LogP contribution in [0.15, 0.2) is 24.3 Å². The third-order valence-corrected chi connectivity index (χ3v) is 2.55. The minimum Gasteiger partial charge on any atom is -0.469 e. The molecule has 1 rings (SSSR count). The van der Waals surface area contributed by atoms with Gasteiger partial charge in [-0.15, -0.1) is 0 Å². The average molecular weight is 221 g/mol. The number of rotatable bonds is 5. The molecule has 1 unspecified atom stereocenters. The Bertz CT molecular complexity index is 350. The van der Waals surface area contributed by atoms with Gasteiger partial charge < -0.3 is 10.1 Å². The highest BCUT2D eigenvalue weighted by Crippen LogP contribution is 2.13. The predicted molar refractivity (Wildman–Crippen MR) is 64.2 cm³/mol. The van der Waals surface area contributed by atoms with Gasteiger partial charge >= 0.3 is 5.97 Å². The van der Waals surface area contributed by atoms with Crippen LogP contribution in [0.5, 0.6) is 0 Å². The second-order valence-corrected chi connectivity index (χ2v) is 3.92. The molecule has 88 valence electrons. The molecular formula is C13H19NO2. The molecule has 1 N–H and O–H groups in total. The number of carbonyl (C=O) groups is 1. The Morgan fingerprint density at radius 2 is 2.25 bits per heavy atom. The van der Waals surface area contributed by atoms with Gasteiger partial charge in [0.05, 0.1) is 13.5 Å². The molecule has 0 saturated heterocycles. The molecule has 0 spiro atoms. The fraction of sp³-hybridized carbons (Fsp3) is 0.462. The zero-order chi connectivity index (χ0) is 12.0. The van der Waals surface area contributed by atoms with Crippen LogP contribution < -0.4 is 5.32 Å². The number of esters is 1. The van der Waals surface area contributed by atoms with E-state index in [4.69, 9.17) is 0 Å². The summed E-state index contributed by atoms with van der Waals surface area (Å²) in [6, 6.07) is 8.61. The summed E-state index contributed by atoms with van der Waals surface area (Å²) in [5, 5.41) is 3.29. The molecule has 0 aliphatic carbocycles. The summed E-state index contributed by atoms with van der Waals surface area (Å²) < 4.78 is 4.58. The van der Waals surface area contributed by atoms with Crippen LogP contribution in [0.2, 0.25) is 0 Å². The number of hydrogen-bond donors (Lipinski definition) is 1. The zero-order valence-electron chi connectivity index (χ0n) is 10.1. The Hall–Kier alpha value is -1.35. The number of methoxy groups -OCH3 is 1. The first-order valence-corrected chi connectivity index (χ1v) is 5.50. The third-order valence-electron chi connectivity index (χ3n) is 2.55. The van der Waals surface area contributed by atoms with Gasteiger partial charge in [0.1, 0.15) is 0 Å². The molecule has 0 aromatic heterocycles. The SMILES string of the molecule is COC(=O)CCNC(C)c1cccc(C)c1. The van der Waals surface area contributed by atoms with Gasteiger partial charge in [-0.1, -0.05) is 29.8 Å². The van der Waals surface area contributed by atoms with Crippen molar-refractivity contribution in [2.24, 2.45) is 0 Å². The maximum absolute atomic E-state index is 10.9. The van der Waals surface area contributed by atoms with Gasteiger partial charge in [0, 0.05) is 12.6 Å². The number of hydrogen-bond acceptors (Lipinski definition) is 3. The van der Waals surface area contributed by atoms with Gasteiger partial charge in [0.2, 0.25) is 0 Å². The molecule has 0 saturated carbocycles. The Morgan fingerprint density at radius 1 is 1.50 bits per heavy atom. The molecule has 1 atom stereocenters. The van der Waals surface area contributed by atoms with E-state index >= 15 is 0 Å². The van der Waals surface area contributed by atoms with E-state index in [-0.39, 0.29) is 12.0 Å². The molecular weight excluding hydrogens is 202 g/mol. The summed E-state index contributed by atoms with van der Waals surface area (Å²) >= 11 is 0. The van der Waals surface area contributed by atoms with Gasteiger partial charge in [-0.25, -0.2) is 0 Å². The molecule has 1 aromatic carbocycles. The molecule has 0 radical (unpaired) electrons. The van der Waals surface area contributed by atoms with Crippen LogP contribution in [-0.4, -0.2) is 19.6 Å². The predicted octanol–water partition coefficient (Wildman–Crippen LogP) is 2.21. The van der Waals surface area contributed by atoms with Crippen LogP contribution in [0, 0.1) is 6.92 Å². The molecule has 0 heterocycles. The quantitative estimate of drug-likeness (QED) is 0.775. The van der Waals surface area contributed by atoms with Gasteiger partial charge in [-0.05, 0) is 19.4 Å². The molecule has 0 aliphatic rings. The van der Waals surface area contributed by atoms with Crippen molar-refractivity contribution in [3.05, 3.63) is 35.4 Å². The third kappa shape index (κ3) is 4.03. The second-order valence-electron chi connectivity index (χ2n) is 3.92. The topological polar surface area (TPSA) is 38.3 Å². The lowest BCUT2D eigenvalue weighted by Gasteiger charge is -2.14. The van der Waals surface area contributed by atoms with E-state index < -0.39 is 0 Å². The Labute approximate surface area is 96.8 Å². The van der Waals surface area contributed by atoms with Crippen molar-refractivity contribution in [2.45, 2.75) is 26.3 Å². The van der Waals surface area contributed by atoms with Crippen molar-refractivity contribution in [3.8, 4) is 0 Å².